The summed E-state index contributed by atoms with van der Waals surface area (Å²) in [5, 5.41) is 0. The topological polar surface area (TPSA) is 3.24 Å². The van der Waals surface area contributed by atoms with Gasteiger partial charge in [-0.05, 0) is 36.4 Å². The number of alkyl halides is 1. The van der Waals surface area contributed by atoms with Crippen molar-refractivity contribution >= 4 is 35.2 Å². The molecular weight excluding hydrogens is 192 g/mol. The molecule has 1 fully saturated rings. The molecule has 1 aliphatic carbocycles. The van der Waals surface area contributed by atoms with E-state index in [0.29, 0.717) is 0 Å². The van der Waals surface area contributed by atoms with E-state index in [4.69, 9.17) is 35.2 Å². The molecule has 10 heavy (non-hydrogen) atoms. The Hall–Kier alpha value is 0.830. The zero-order valence-electron chi connectivity index (χ0n) is 5.62. The average Bonchev–Trinajstić information content (AvgIpc) is 1.89. The summed E-state index contributed by atoms with van der Waals surface area (Å²) in [6.07, 6.45) is 5.28. The largest absolute Gasteiger partial charge is 0.126 e. The molecule has 0 heterocycles. The van der Waals surface area contributed by atoms with Crippen LogP contribution in [-0.2, 0) is 0 Å². The first-order valence-electron chi connectivity index (χ1n) is 3.46. The van der Waals surface area contributed by atoms with Crippen molar-refractivity contribution in [3.8, 4) is 0 Å². The Morgan fingerprint density at radius 3 is 1.80 bits per heavy atom. The first-order chi connectivity index (χ1) is 4.65. The lowest BCUT2D eigenvalue weighted by molar-refractivity contribution is 0.303. The first kappa shape index (κ1) is 8.92. The molecule has 4 heteroatoms. The van der Waals surface area contributed by atoms with Crippen LogP contribution in [0.15, 0.2) is 0 Å². The molecule has 1 rings (SSSR count). The van der Waals surface area contributed by atoms with E-state index in [-0.39, 0.29) is 0 Å². The predicted octanol–water partition coefficient (Wildman–Crippen LogP) is 3.50. The minimum Gasteiger partial charge on any atom is -0.111 e. The van der Waals surface area contributed by atoms with Crippen LogP contribution in [0.4, 0.5) is 0 Å². The summed E-state index contributed by atoms with van der Waals surface area (Å²) in [6.45, 7) is 0. The van der Waals surface area contributed by atoms with E-state index < -0.39 is 5.00 Å². The highest BCUT2D eigenvalue weighted by Crippen LogP contribution is 2.39. The number of nitrogens with zero attached hydrogens (tertiary/aromatic N) is 1. The lowest BCUT2D eigenvalue weighted by Gasteiger charge is -2.32. The van der Waals surface area contributed by atoms with E-state index >= 15 is 0 Å². The van der Waals surface area contributed by atoms with Crippen molar-refractivity contribution < 1.29 is 0 Å². The van der Waals surface area contributed by atoms with Crippen molar-refractivity contribution in [2.24, 2.45) is 0 Å². The second kappa shape index (κ2) is 3.48. The van der Waals surface area contributed by atoms with Gasteiger partial charge in [-0.1, -0.05) is 30.9 Å². The fourth-order valence-corrected chi connectivity index (χ4v) is 1.87. The normalized spacial score (nSPS) is 25.2. The summed E-state index contributed by atoms with van der Waals surface area (Å²) in [4.78, 5) is -0.485. The third-order valence-corrected chi connectivity index (χ3v) is 3.29. The molecule has 60 valence electrons. The lowest BCUT2D eigenvalue weighted by atomic mass is 9.96. The number of hydrogen-bond acceptors (Lipinski definition) is 1. The van der Waals surface area contributed by atoms with Gasteiger partial charge >= 0.3 is 0 Å². The monoisotopic (exact) mass is 201 g/mol. The fourth-order valence-electron chi connectivity index (χ4n) is 1.26. The second-order valence-electron chi connectivity index (χ2n) is 2.71. The molecule has 0 N–H and O–H groups in total. The maximum Gasteiger partial charge on any atom is 0.126 e. The summed E-state index contributed by atoms with van der Waals surface area (Å²) in [5.41, 5.74) is 0. The highest BCUT2D eigenvalue weighted by Gasteiger charge is 2.34. The summed E-state index contributed by atoms with van der Waals surface area (Å²) in [6, 6.07) is 0. The Labute approximate surface area is 76.5 Å². The Kier molecular flexibility index (Phi) is 3.11. The molecule has 0 radical (unpaired) electrons. The van der Waals surface area contributed by atoms with Crippen LogP contribution in [0.2, 0.25) is 0 Å². The van der Waals surface area contributed by atoms with E-state index in [0.717, 1.165) is 29.6 Å². The van der Waals surface area contributed by atoms with Crippen LogP contribution in [0.3, 0.4) is 0 Å². The predicted molar refractivity (Wildman–Crippen MR) is 45.2 cm³/mol. The molecule has 0 aromatic rings. The van der Waals surface area contributed by atoms with Crippen LogP contribution in [-0.4, -0.2) is 8.94 Å². The maximum atomic E-state index is 6.07. The molecule has 0 unspecified atom stereocenters. The van der Waals surface area contributed by atoms with Crippen LogP contribution >= 0.6 is 35.2 Å². The SMILES string of the molecule is ClN(Cl)C1(Cl)CCCCC1. The summed E-state index contributed by atoms with van der Waals surface area (Å²) >= 11 is 17.2. The molecule has 1 aliphatic rings. The summed E-state index contributed by atoms with van der Waals surface area (Å²) < 4.78 is 1.09. The lowest BCUT2D eigenvalue weighted by Crippen LogP contribution is -2.33. The molecule has 0 aromatic heterocycles. The van der Waals surface area contributed by atoms with Gasteiger partial charge in [0.15, 0.2) is 0 Å². The quantitative estimate of drug-likeness (QED) is 0.357. The molecule has 0 bridgehead atoms. The van der Waals surface area contributed by atoms with Crippen molar-refractivity contribution in [2.75, 3.05) is 0 Å². The van der Waals surface area contributed by atoms with E-state index in [1.165, 1.54) is 6.42 Å². The smallest absolute Gasteiger partial charge is 0.111 e. The highest BCUT2D eigenvalue weighted by atomic mass is 35.5. The molecule has 1 saturated carbocycles. The van der Waals surface area contributed by atoms with Gasteiger partial charge in [-0.3, -0.25) is 0 Å². The first-order valence-corrected chi connectivity index (χ1v) is 4.51. The van der Waals surface area contributed by atoms with Crippen LogP contribution in [0.5, 0.6) is 0 Å². The van der Waals surface area contributed by atoms with Crippen molar-refractivity contribution in [2.45, 2.75) is 37.1 Å². The molecule has 0 aliphatic heterocycles. The van der Waals surface area contributed by atoms with Crippen molar-refractivity contribution in [3.63, 3.8) is 0 Å². The van der Waals surface area contributed by atoms with Crippen molar-refractivity contribution in [1.82, 2.24) is 3.94 Å². The van der Waals surface area contributed by atoms with Gasteiger partial charge in [0, 0.05) is 0 Å². The Bertz CT molecular complexity index is 110. The van der Waals surface area contributed by atoms with Crippen molar-refractivity contribution in [1.29, 1.82) is 0 Å². The van der Waals surface area contributed by atoms with Gasteiger partial charge in [0.05, 0.1) is 0 Å². The second-order valence-corrected chi connectivity index (χ2v) is 4.26. The molecule has 0 aromatic carbocycles. The Morgan fingerprint density at radius 1 is 1.00 bits per heavy atom. The fraction of sp³-hybridized carbons (Fsp3) is 1.00. The maximum absolute atomic E-state index is 6.07. The van der Waals surface area contributed by atoms with E-state index in [9.17, 15) is 0 Å². The number of hydrogen-bond donors (Lipinski definition) is 0. The molecule has 0 atom stereocenters. The molecule has 1 nitrogen and oxygen atoms in total. The van der Waals surface area contributed by atoms with Crippen LogP contribution in [0.25, 0.3) is 0 Å². The average molecular weight is 203 g/mol. The zero-order chi connectivity index (χ0) is 7.61. The number of rotatable bonds is 1. The van der Waals surface area contributed by atoms with Gasteiger partial charge in [-0.25, -0.2) is 0 Å². The van der Waals surface area contributed by atoms with Gasteiger partial charge in [0.1, 0.15) is 5.00 Å². The van der Waals surface area contributed by atoms with Gasteiger partial charge in [0.25, 0.3) is 0 Å². The molecule has 0 amide bonds. The van der Waals surface area contributed by atoms with Gasteiger partial charge < -0.3 is 0 Å². The van der Waals surface area contributed by atoms with Gasteiger partial charge in [-0.15, -0.1) is 3.94 Å². The highest BCUT2D eigenvalue weighted by molar-refractivity contribution is 6.39. The minimum absolute atomic E-state index is 0.485. The third kappa shape index (κ3) is 1.91. The third-order valence-electron chi connectivity index (χ3n) is 1.92. The van der Waals surface area contributed by atoms with Crippen LogP contribution in [0, 0.1) is 0 Å². The van der Waals surface area contributed by atoms with E-state index in [1.807, 2.05) is 0 Å². The van der Waals surface area contributed by atoms with E-state index in [2.05, 4.69) is 0 Å². The Balaban J connectivity index is 2.48. The van der Waals surface area contributed by atoms with Crippen LogP contribution in [0.1, 0.15) is 32.1 Å². The summed E-state index contributed by atoms with van der Waals surface area (Å²) in [7, 11) is 0. The van der Waals surface area contributed by atoms with Crippen molar-refractivity contribution in [3.05, 3.63) is 0 Å². The standard InChI is InChI=1S/C6H10Cl3N/c7-6(10(8)9)4-2-1-3-5-6/h1-5H2. The molecule has 0 saturated heterocycles. The molecular formula is C6H10Cl3N. The summed E-state index contributed by atoms with van der Waals surface area (Å²) in [5.74, 6) is 0. The Morgan fingerprint density at radius 2 is 1.50 bits per heavy atom. The minimum atomic E-state index is -0.485. The number of halogens is 3. The zero-order valence-corrected chi connectivity index (χ0v) is 7.88. The van der Waals surface area contributed by atoms with Crippen LogP contribution < -0.4 is 0 Å². The molecule has 0 spiro atoms. The van der Waals surface area contributed by atoms with Gasteiger partial charge in [0.2, 0.25) is 0 Å². The van der Waals surface area contributed by atoms with E-state index in [1.54, 1.807) is 0 Å². The van der Waals surface area contributed by atoms with Gasteiger partial charge in [-0.2, -0.15) is 0 Å².